The molecule has 0 fully saturated rings. The summed E-state index contributed by atoms with van der Waals surface area (Å²) in [5.41, 5.74) is 0.528. The van der Waals surface area contributed by atoms with Crippen molar-refractivity contribution in [2.75, 3.05) is 0 Å². The van der Waals surface area contributed by atoms with E-state index in [1.807, 2.05) is 12.1 Å². The molecule has 0 saturated carbocycles. The van der Waals surface area contributed by atoms with Gasteiger partial charge in [-0.25, -0.2) is 0 Å². The Morgan fingerprint density at radius 1 is 1.10 bits per heavy atom. The predicted molar refractivity (Wildman–Crippen MR) is 46.3 cm³/mol. The lowest BCUT2D eigenvalue weighted by atomic mass is 10.2. The Morgan fingerprint density at radius 3 is 2.00 bits per heavy atom. The van der Waals surface area contributed by atoms with Crippen molar-refractivity contribution in [1.29, 1.82) is 0 Å². The lowest BCUT2D eigenvalue weighted by Gasteiger charge is -2.01. The summed E-state index contributed by atoms with van der Waals surface area (Å²) in [6, 6.07) is 7.03. The summed E-state index contributed by atoms with van der Waals surface area (Å²) in [5, 5.41) is 17.3. The molecule has 2 nitrogen and oxygen atoms in total. The predicted octanol–water partition coefficient (Wildman–Crippen LogP) is 1.27. The van der Waals surface area contributed by atoms with Gasteiger partial charge in [0, 0.05) is 9.13 Å². The molecule has 10 heavy (non-hydrogen) atoms. The van der Waals surface area contributed by atoms with Crippen LogP contribution in [0.5, 0.6) is 0 Å². The lowest BCUT2D eigenvalue weighted by Crippen LogP contribution is -1.93. The number of hydrogen-bond acceptors (Lipinski definition) is 2. The van der Waals surface area contributed by atoms with E-state index in [2.05, 4.69) is 22.6 Å². The number of rotatable bonds is 1. The average Bonchev–Trinajstić information content (AvgIpc) is 1.88. The van der Waals surface area contributed by atoms with Crippen LogP contribution in [0.3, 0.4) is 0 Å². The topological polar surface area (TPSA) is 40.5 Å². The maximum absolute atomic E-state index is 8.67. The molecule has 54 valence electrons. The van der Waals surface area contributed by atoms with Crippen LogP contribution in [0.4, 0.5) is 0 Å². The number of aliphatic hydroxyl groups is 2. The first kappa shape index (κ1) is 7.97. The van der Waals surface area contributed by atoms with Crippen LogP contribution in [0, 0.1) is 3.57 Å². The van der Waals surface area contributed by atoms with Crippen LogP contribution in [0.25, 0.3) is 0 Å². The van der Waals surface area contributed by atoms with Crippen LogP contribution >= 0.6 is 22.6 Å². The van der Waals surface area contributed by atoms with Crippen LogP contribution in [-0.4, -0.2) is 10.2 Å². The highest BCUT2D eigenvalue weighted by Gasteiger charge is 1.99. The molecule has 1 aromatic rings. The minimum Gasteiger partial charge on any atom is -0.364 e. The van der Waals surface area contributed by atoms with Crippen LogP contribution in [0.2, 0.25) is 0 Å². The zero-order chi connectivity index (χ0) is 7.56. The Labute approximate surface area is 72.6 Å². The molecule has 0 saturated heterocycles. The van der Waals surface area contributed by atoms with Gasteiger partial charge in [-0.1, -0.05) is 12.1 Å². The second-order valence-corrected chi connectivity index (χ2v) is 3.17. The van der Waals surface area contributed by atoms with E-state index in [9.17, 15) is 0 Å². The van der Waals surface area contributed by atoms with Gasteiger partial charge in [0.25, 0.3) is 0 Å². The molecule has 0 aromatic heterocycles. The fraction of sp³-hybridized carbons (Fsp3) is 0.143. The molecule has 0 aliphatic rings. The normalized spacial score (nSPS) is 10.4. The van der Waals surface area contributed by atoms with E-state index in [0.717, 1.165) is 3.57 Å². The van der Waals surface area contributed by atoms with E-state index in [4.69, 9.17) is 10.2 Å². The molecule has 0 heterocycles. The maximum Gasteiger partial charge on any atom is 0.178 e. The van der Waals surface area contributed by atoms with Crippen molar-refractivity contribution in [2.24, 2.45) is 0 Å². The first-order valence-electron chi connectivity index (χ1n) is 2.82. The number of aliphatic hydroxyl groups excluding tert-OH is 1. The Hall–Kier alpha value is -0.130. The van der Waals surface area contributed by atoms with Crippen molar-refractivity contribution in [2.45, 2.75) is 6.29 Å². The van der Waals surface area contributed by atoms with Gasteiger partial charge in [0.15, 0.2) is 6.29 Å². The zero-order valence-corrected chi connectivity index (χ0v) is 7.32. The zero-order valence-electron chi connectivity index (χ0n) is 5.16. The molecule has 0 amide bonds. The summed E-state index contributed by atoms with van der Waals surface area (Å²) in [4.78, 5) is 0. The molecule has 0 bridgehead atoms. The van der Waals surface area contributed by atoms with Crippen LogP contribution in [0.1, 0.15) is 11.9 Å². The Morgan fingerprint density at radius 2 is 1.60 bits per heavy atom. The third-order valence-corrected chi connectivity index (χ3v) is 1.89. The van der Waals surface area contributed by atoms with Gasteiger partial charge in [-0.3, -0.25) is 0 Å². The van der Waals surface area contributed by atoms with E-state index in [-0.39, 0.29) is 0 Å². The molecule has 1 rings (SSSR count). The van der Waals surface area contributed by atoms with Gasteiger partial charge in [-0.2, -0.15) is 0 Å². The van der Waals surface area contributed by atoms with Gasteiger partial charge >= 0.3 is 0 Å². The summed E-state index contributed by atoms with van der Waals surface area (Å²) in [7, 11) is 0. The summed E-state index contributed by atoms with van der Waals surface area (Å²) < 4.78 is 1.09. The van der Waals surface area contributed by atoms with Crippen molar-refractivity contribution in [1.82, 2.24) is 0 Å². The van der Waals surface area contributed by atoms with E-state index in [0.29, 0.717) is 5.56 Å². The third-order valence-electron chi connectivity index (χ3n) is 1.17. The fourth-order valence-electron chi connectivity index (χ4n) is 0.635. The Bertz CT molecular complexity index is 205. The van der Waals surface area contributed by atoms with Gasteiger partial charge in [-0.15, -0.1) is 0 Å². The second-order valence-electron chi connectivity index (χ2n) is 1.93. The van der Waals surface area contributed by atoms with E-state index < -0.39 is 6.29 Å². The van der Waals surface area contributed by atoms with Gasteiger partial charge in [0.05, 0.1) is 0 Å². The highest BCUT2D eigenvalue weighted by Crippen LogP contribution is 2.11. The van der Waals surface area contributed by atoms with Crippen LogP contribution in [-0.2, 0) is 0 Å². The summed E-state index contributed by atoms with van der Waals surface area (Å²) >= 11 is 2.16. The summed E-state index contributed by atoms with van der Waals surface area (Å²) in [5.74, 6) is 0. The highest BCUT2D eigenvalue weighted by molar-refractivity contribution is 14.1. The van der Waals surface area contributed by atoms with Crippen molar-refractivity contribution >= 4 is 22.6 Å². The van der Waals surface area contributed by atoms with Crippen LogP contribution < -0.4 is 0 Å². The van der Waals surface area contributed by atoms with Gasteiger partial charge in [-0.05, 0) is 34.7 Å². The number of halogens is 1. The molecule has 0 aliphatic carbocycles. The molecule has 0 atom stereocenters. The quantitative estimate of drug-likeness (QED) is 0.582. The second kappa shape index (κ2) is 3.32. The molecule has 0 unspecified atom stereocenters. The first-order valence-corrected chi connectivity index (χ1v) is 3.89. The molecule has 3 heteroatoms. The van der Waals surface area contributed by atoms with Crippen molar-refractivity contribution in [3.05, 3.63) is 33.4 Å². The van der Waals surface area contributed by atoms with E-state index in [1.165, 1.54) is 0 Å². The number of benzene rings is 1. The SMILES string of the molecule is OC(O)c1ccc(I)cc1. The molecule has 0 spiro atoms. The smallest absolute Gasteiger partial charge is 0.178 e. The Balaban J connectivity index is 2.89. The minimum atomic E-state index is -1.35. The van der Waals surface area contributed by atoms with Crippen molar-refractivity contribution in [3.8, 4) is 0 Å². The standard InChI is InChI=1S/C7H7IO2/c8-6-3-1-5(2-4-6)7(9)10/h1-4,7,9-10H. The highest BCUT2D eigenvalue weighted by atomic mass is 127. The maximum atomic E-state index is 8.67. The Kier molecular flexibility index (Phi) is 2.64. The molecule has 2 N–H and O–H groups in total. The van der Waals surface area contributed by atoms with Crippen molar-refractivity contribution in [3.63, 3.8) is 0 Å². The molecule has 0 aliphatic heterocycles. The molecule has 1 aromatic carbocycles. The van der Waals surface area contributed by atoms with Gasteiger partial charge < -0.3 is 10.2 Å². The van der Waals surface area contributed by atoms with Gasteiger partial charge in [0.1, 0.15) is 0 Å². The number of hydrogen-bond donors (Lipinski definition) is 2. The molecule has 0 radical (unpaired) electrons. The summed E-state index contributed by atoms with van der Waals surface area (Å²) in [6.07, 6.45) is -1.35. The minimum absolute atomic E-state index is 0.528. The van der Waals surface area contributed by atoms with Gasteiger partial charge in [0.2, 0.25) is 0 Å². The van der Waals surface area contributed by atoms with Crippen LogP contribution in [0.15, 0.2) is 24.3 Å². The van der Waals surface area contributed by atoms with E-state index >= 15 is 0 Å². The third kappa shape index (κ3) is 1.93. The lowest BCUT2D eigenvalue weighted by molar-refractivity contribution is -0.0424. The fourth-order valence-corrected chi connectivity index (χ4v) is 0.994. The summed E-state index contributed by atoms with van der Waals surface area (Å²) in [6.45, 7) is 0. The average molecular weight is 250 g/mol. The molecular formula is C7H7IO2. The first-order chi connectivity index (χ1) is 4.70. The largest absolute Gasteiger partial charge is 0.364 e. The molecular weight excluding hydrogens is 243 g/mol. The monoisotopic (exact) mass is 250 g/mol. The van der Waals surface area contributed by atoms with E-state index in [1.54, 1.807) is 12.1 Å². The van der Waals surface area contributed by atoms with Crippen molar-refractivity contribution < 1.29 is 10.2 Å².